The Labute approximate surface area is 145 Å². The number of hydrogen-bond acceptors (Lipinski definition) is 3. The number of rotatable bonds is 10. The first-order chi connectivity index (χ1) is 9.60. The van der Waals surface area contributed by atoms with Crippen LogP contribution in [0.15, 0.2) is 4.99 Å². The second kappa shape index (κ2) is 15.8. The molecule has 0 aliphatic rings. The second-order valence-electron chi connectivity index (χ2n) is 4.71. The van der Waals surface area contributed by atoms with Crippen molar-refractivity contribution in [2.45, 2.75) is 46.6 Å². The number of ether oxygens (including phenoxy) is 1. The predicted octanol–water partition coefficient (Wildman–Crippen LogP) is 1.50. The molecule has 0 bridgehead atoms. The zero-order chi connectivity index (χ0) is 15.2. The van der Waals surface area contributed by atoms with E-state index in [1.807, 2.05) is 27.7 Å². The first-order valence-electron chi connectivity index (χ1n) is 7.49. The van der Waals surface area contributed by atoms with E-state index in [0.29, 0.717) is 19.5 Å². The van der Waals surface area contributed by atoms with E-state index in [9.17, 15) is 4.79 Å². The number of nitrogens with zero attached hydrogens (tertiary/aromatic N) is 1. The Bertz CT molecular complexity index is 286. The lowest BCUT2D eigenvalue weighted by Gasteiger charge is -2.12. The standard InChI is InChI=1S/C14H30N4O2.HI/c1-5-15-14(16-9-7-11-20-6-2)17-10-8-13(19)18-12(3)4;/h12H,5-11H2,1-4H3,(H,18,19)(H2,15,16,17);1H. The van der Waals surface area contributed by atoms with Crippen LogP contribution in [-0.4, -0.2) is 50.8 Å². The third-order valence-corrected chi connectivity index (χ3v) is 2.36. The quantitative estimate of drug-likeness (QED) is 0.219. The van der Waals surface area contributed by atoms with E-state index in [1.165, 1.54) is 0 Å². The average Bonchev–Trinajstić information content (AvgIpc) is 2.37. The van der Waals surface area contributed by atoms with Crippen molar-refractivity contribution in [1.82, 2.24) is 16.0 Å². The van der Waals surface area contributed by atoms with Crippen LogP contribution < -0.4 is 16.0 Å². The fourth-order valence-corrected chi connectivity index (χ4v) is 1.53. The molecule has 126 valence electrons. The van der Waals surface area contributed by atoms with Crippen molar-refractivity contribution < 1.29 is 9.53 Å². The number of nitrogens with one attached hydrogen (secondary N) is 3. The smallest absolute Gasteiger partial charge is 0.221 e. The molecule has 0 unspecified atom stereocenters. The molecule has 0 atom stereocenters. The van der Waals surface area contributed by atoms with Crippen LogP contribution in [0.1, 0.15) is 40.5 Å². The third-order valence-electron chi connectivity index (χ3n) is 2.36. The van der Waals surface area contributed by atoms with Gasteiger partial charge in [0.2, 0.25) is 5.91 Å². The Morgan fingerprint density at radius 1 is 1.24 bits per heavy atom. The molecule has 0 radical (unpaired) electrons. The molecule has 0 saturated heterocycles. The van der Waals surface area contributed by atoms with Gasteiger partial charge >= 0.3 is 0 Å². The molecule has 0 aliphatic heterocycles. The van der Waals surface area contributed by atoms with Crippen molar-refractivity contribution in [2.24, 2.45) is 4.99 Å². The Balaban J connectivity index is 0. The molecule has 3 N–H and O–H groups in total. The molecule has 0 spiro atoms. The zero-order valence-corrected chi connectivity index (χ0v) is 16.0. The minimum Gasteiger partial charge on any atom is -0.382 e. The van der Waals surface area contributed by atoms with Gasteiger partial charge in [0, 0.05) is 45.3 Å². The highest BCUT2D eigenvalue weighted by molar-refractivity contribution is 14.0. The fourth-order valence-electron chi connectivity index (χ4n) is 1.53. The monoisotopic (exact) mass is 414 g/mol. The molecular formula is C14H31IN4O2. The van der Waals surface area contributed by atoms with E-state index >= 15 is 0 Å². The summed E-state index contributed by atoms with van der Waals surface area (Å²) < 4.78 is 5.26. The van der Waals surface area contributed by atoms with Gasteiger partial charge in [-0.15, -0.1) is 24.0 Å². The minimum atomic E-state index is 0. The number of aliphatic imine (C=N–C) groups is 1. The first kappa shape index (κ1) is 22.7. The molecule has 0 saturated carbocycles. The zero-order valence-electron chi connectivity index (χ0n) is 13.7. The molecule has 0 rings (SSSR count). The van der Waals surface area contributed by atoms with Gasteiger partial charge in [-0.2, -0.15) is 0 Å². The Kier molecular flexibility index (Phi) is 17.1. The van der Waals surface area contributed by atoms with E-state index in [-0.39, 0.29) is 35.9 Å². The van der Waals surface area contributed by atoms with Crippen molar-refractivity contribution in [3.05, 3.63) is 0 Å². The lowest BCUT2D eigenvalue weighted by Crippen LogP contribution is -2.40. The summed E-state index contributed by atoms with van der Waals surface area (Å²) in [5.74, 6) is 0.807. The topological polar surface area (TPSA) is 74.8 Å². The summed E-state index contributed by atoms with van der Waals surface area (Å²) in [6, 6.07) is 0.183. The van der Waals surface area contributed by atoms with Gasteiger partial charge in [0.25, 0.3) is 0 Å². The average molecular weight is 414 g/mol. The van der Waals surface area contributed by atoms with Gasteiger partial charge in [-0.05, 0) is 34.1 Å². The Morgan fingerprint density at radius 2 is 1.95 bits per heavy atom. The summed E-state index contributed by atoms with van der Waals surface area (Å²) in [6.07, 6.45) is 1.35. The summed E-state index contributed by atoms with van der Waals surface area (Å²) in [6.45, 7) is 11.5. The summed E-state index contributed by atoms with van der Waals surface area (Å²) in [7, 11) is 0. The van der Waals surface area contributed by atoms with Gasteiger partial charge in [0.1, 0.15) is 0 Å². The van der Waals surface area contributed by atoms with Crippen LogP contribution in [0.5, 0.6) is 0 Å². The molecule has 0 aromatic carbocycles. The third kappa shape index (κ3) is 15.6. The maximum Gasteiger partial charge on any atom is 0.221 e. The van der Waals surface area contributed by atoms with Crippen molar-refractivity contribution in [3.8, 4) is 0 Å². The highest BCUT2D eigenvalue weighted by atomic mass is 127. The van der Waals surface area contributed by atoms with Gasteiger partial charge in [0.05, 0.1) is 0 Å². The Morgan fingerprint density at radius 3 is 2.52 bits per heavy atom. The number of halogens is 1. The van der Waals surface area contributed by atoms with Crippen molar-refractivity contribution in [3.63, 3.8) is 0 Å². The van der Waals surface area contributed by atoms with Crippen LogP contribution in [-0.2, 0) is 9.53 Å². The van der Waals surface area contributed by atoms with Crippen LogP contribution in [0, 0.1) is 0 Å². The number of guanidine groups is 1. The normalized spacial score (nSPS) is 11.0. The largest absolute Gasteiger partial charge is 0.382 e. The number of hydrogen-bond donors (Lipinski definition) is 3. The van der Waals surface area contributed by atoms with Gasteiger partial charge in [-0.25, -0.2) is 0 Å². The van der Waals surface area contributed by atoms with E-state index in [2.05, 4.69) is 20.9 Å². The molecule has 1 amide bonds. The fraction of sp³-hybridized carbons (Fsp3) is 0.857. The maximum atomic E-state index is 11.5. The van der Waals surface area contributed by atoms with Crippen LogP contribution in [0.4, 0.5) is 0 Å². The van der Waals surface area contributed by atoms with Gasteiger partial charge in [0.15, 0.2) is 5.96 Å². The predicted molar refractivity (Wildman–Crippen MR) is 98.4 cm³/mol. The molecule has 0 aliphatic carbocycles. The lowest BCUT2D eigenvalue weighted by atomic mass is 10.3. The lowest BCUT2D eigenvalue weighted by molar-refractivity contribution is -0.121. The second-order valence-corrected chi connectivity index (χ2v) is 4.71. The summed E-state index contributed by atoms with van der Waals surface area (Å²) in [4.78, 5) is 15.9. The summed E-state index contributed by atoms with van der Waals surface area (Å²) in [5.41, 5.74) is 0. The molecule has 21 heavy (non-hydrogen) atoms. The molecule has 6 nitrogen and oxygen atoms in total. The number of carbonyl (C=O) groups is 1. The van der Waals surface area contributed by atoms with Gasteiger partial charge in [-0.1, -0.05) is 0 Å². The van der Waals surface area contributed by atoms with E-state index in [1.54, 1.807) is 0 Å². The number of carbonyl (C=O) groups excluding carboxylic acids is 1. The molecule has 0 aromatic heterocycles. The minimum absolute atomic E-state index is 0. The molecule has 0 heterocycles. The molecular weight excluding hydrogens is 383 g/mol. The van der Waals surface area contributed by atoms with Gasteiger partial charge < -0.3 is 20.7 Å². The van der Waals surface area contributed by atoms with Crippen molar-refractivity contribution in [1.29, 1.82) is 0 Å². The van der Waals surface area contributed by atoms with Gasteiger partial charge in [-0.3, -0.25) is 9.79 Å². The van der Waals surface area contributed by atoms with Crippen molar-refractivity contribution >= 4 is 35.8 Å². The molecule has 0 fully saturated rings. The highest BCUT2D eigenvalue weighted by Gasteiger charge is 2.03. The maximum absolute atomic E-state index is 11.5. The SMILES string of the molecule is CCNC(=NCCCOCC)NCCC(=O)NC(C)C.I. The summed E-state index contributed by atoms with van der Waals surface area (Å²) in [5, 5.41) is 9.17. The van der Waals surface area contributed by atoms with E-state index in [0.717, 1.165) is 32.1 Å². The first-order valence-corrected chi connectivity index (χ1v) is 7.49. The van der Waals surface area contributed by atoms with Crippen molar-refractivity contribution in [2.75, 3.05) is 32.8 Å². The number of amides is 1. The highest BCUT2D eigenvalue weighted by Crippen LogP contribution is 1.86. The molecule has 7 heteroatoms. The van der Waals surface area contributed by atoms with Crippen LogP contribution in [0.2, 0.25) is 0 Å². The van der Waals surface area contributed by atoms with E-state index in [4.69, 9.17) is 4.74 Å². The summed E-state index contributed by atoms with van der Waals surface area (Å²) >= 11 is 0. The van der Waals surface area contributed by atoms with Crippen LogP contribution >= 0.6 is 24.0 Å². The molecule has 0 aromatic rings. The van der Waals surface area contributed by atoms with Crippen LogP contribution in [0.3, 0.4) is 0 Å². The van der Waals surface area contributed by atoms with Crippen LogP contribution in [0.25, 0.3) is 0 Å². The van der Waals surface area contributed by atoms with E-state index < -0.39 is 0 Å². The Hall–Kier alpha value is -0.570.